The number of rotatable bonds is 46. The summed E-state index contributed by atoms with van der Waals surface area (Å²) in [7, 11) is 1.27. The number of nitrogens with one attached hydrogen (secondary N) is 1. The molecule has 0 aromatic heterocycles. The number of aliphatic hydroxyl groups is 1. The van der Waals surface area contributed by atoms with Gasteiger partial charge in [0.05, 0.1) is 39.9 Å². The summed E-state index contributed by atoms with van der Waals surface area (Å²) in [6.45, 7) is 4.66. The Balaban J connectivity index is 4.12. The van der Waals surface area contributed by atoms with Crippen molar-refractivity contribution in [1.82, 2.24) is 5.32 Å². The zero-order valence-electron chi connectivity index (χ0n) is 39.3. The van der Waals surface area contributed by atoms with Crippen LogP contribution in [-0.4, -0.2) is 68.5 Å². The highest BCUT2D eigenvalue weighted by Gasteiger charge is 2.23. The van der Waals surface area contributed by atoms with Gasteiger partial charge in [0.2, 0.25) is 5.91 Å². The van der Waals surface area contributed by atoms with E-state index < -0.39 is 20.0 Å². The normalized spacial score (nSPS) is 14.3. The Hall–Kier alpha value is -0.760. The standard InChI is InChI=1S/C49H99N2O6P/c1-6-8-10-12-14-16-18-19-20-21-22-23-24-25-26-27-28-29-30-31-33-35-37-39-41-43-49(53)50-47(46-57-58(54,55)56-45-44-51(3,4)5)48(52)42-40-38-36-34-32-17-15-13-11-9-7-2/h40,42,47-48,52H,6-39,41,43-46H2,1-5H3,(H-,50,53,54,55)/b42-40+. The third kappa shape index (κ3) is 43.3. The second-order valence-electron chi connectivity index (χ2n) is 18.5. The number of quaternary nitrogens is 1. The summed E-state index contributed by atoms with van der Waals surface area (Å²) in [6, 6.07) is -0.879. The van der Waals surface area contributed by atoms with Crippen molar-refractivity contribution in [2.45, 2.75) is 257 Å². The van der Waals surface area contributed by atoms with Crippen LogP contribution in [0.15, 0.2) is 12.2 Å². The summed E-state index contributed by atoms with van der Waals surface area (Å²) in [4.78, 5) is 25.3. The summed E-state index contributed by atoms with van der Waals surface area (Å²) in [5, 5.41) is 13.8. The molecule has 1 amide bonds. The van der Waals surface area contributed by atoms with Crippen molar-refractivity contribution in [3.05, 3.63) is 12.2 Å². The van der Waals surface area contributed by atoms with Crippen LogP contribution in [0.1, 0.15) is 245 Å². The van der Waals surface area contributed by atoms with E-state index in [2.05, 4.69) is 19.2 Å². The fourth-order valence-corrected chi connectivity index (χ4v) is 8.23. The smallest absolute Gasteiger partial charge is 0.268 e. The highest BCUT2D eigenvalue weighted by atomic mass is 31.2. The van der Waals surface area contributed by atoms with E-state index in [1.807, 2.05) is 27.2 Å². The molecule has 0 saturated carbocycles. The number of phosphoric ester groups is 1. The minimum absolute atomic E-state index is 0.00207. The summed E-state index contributed by atoms with van der Waals surface area (Å²) in [5.74, 6) is -0.194. The Bertz CT molecular complexity index is 958. The number of allylic oxidation sites excluding steroid dienone is 1. The molecule has 0 radical (unpaired) electrons. The number of carbonyl (C=O) groups excluding carboxylic acids is 1. The maximum absolute atomic E-state index is 12.9. The first-order valence-corrected chi connectivity index (χ1v) is 26.5. The van der Waals surface area contributed by atoms with Crippen molar-refractivity contribution < 1.29 is 32.9 Å². The van der Waals surface area contributed by atoms with Gasteiger partial charge in [0, 0.05) is 6.42 Å². The van der Waals surface area contributed by atoms with Gasteiger partial charge in [-0.3, -0.25) is 9.36 Å². The number of hydrogen-bond donors (Lipinski definition) is 2. The lowest BCUT2D eigenvalue weighted by molar-refractivity contribution is -0.870. The number of unbranched alkanes of at least 4 members (excludes halogenated alkanes) is 33. The Morgan fingerprint density at radius 1 is 0.586 bits per heavy atom. The molecule has 9 heteroatoms. The van der Waals surface area contributed by atoms with Gasteiger partial charge in [-0.25, -0.2) is 0 Å². The van der Waals surface area contributed by atoms with Gasteiger partial charge >= 0.3 is 0 Å². The number of amides is 1. The fourth-order valence-electron chi connectivity index (χ4n) is 7.51. The van der Waals surface area contributed by atoms with Gasteiger partial charge in [0.1, 0.15) is 13.2 Å². The van der Waals surface area contributed by atoms with Crippen molar-refractivity contribution >= 4 is 13.7 Å². The van der Waals surface area contributed by atoms with Gasteiger partial charge in [-0.05, 0) is 19.3 Å². The second kappa shape index (κ2) is 41.6. The molecule has 0 aromatic rings. The quantitative estimate of drug-likeness (QED) is 0.0273. The van der Waals surface area contributed by atoms with E-state index in [4.69, 9.17) is 9.05 Å². The number of phosphoric acid groups is 1. The fraction of sp³-hybridized carbons (Fsp3) is 0.939. The maximum atomic E-state index is 12.9. The number of nitrogens with zero attached hydrogens (tertiary/aromatic N) is 1. The van der Waals surface area contributed by atoms with Gasteiger partial charge in [0.25, 0.3) is 7.82 Å². The monoisotopic (exact) mass is 843 g/mol. The van der Waals surface area contributed by atoms with Crippen LogP contribution < -0.4 is 10.2 Å². The SMILES string of the molecule is CCCCCCCCCCC/C=C/C(O)C(COP(=O)([O-])OCC[N+](C)(C)C)NC(=O)CCCCCCCCCCCCCCCCCCCCCCCCCCC. The molecule has 3 atom stereocenters. The molecule has 0 rings (SSSR count). The number of likely N-dealkylation sites (N-methyl/N-ethyl adjacent to an activating group) is 1. The number of carbonyl (C=O) groups is 1. The average molecular weight is 843 g/mol. The predicted molar refractivity (Wildman–Crippen MR) is 247 cm³/mol. The molecule has 0 aliphatic heterocycles. The average Bonchev–Trinajstić information content (AvgIpc) is 3.17. The van der Waals surface area contributed by atoms with Crippen LogP contribution in [0.5, 0.6) is 0 Å². The predicted octanol–water partition coefficient (Wildman–Crippen LogP) is 13.7. The first kappa shape index (κ1) is 57.2. The van der Waals surface area contributed by atoms with E-state index in [1.54, 1.807) is 6.08 Å². The molecule has 0 spiro atoms. The summed E-state index contributed by atoms with van der Waals surface area (Å²) >= 11 is 0. The molecule has 0 aliphatic carbocycles. The van der Waals surface area contributed by atoms with Gasteiger partial charge in [-0.15, -0.1) is 0 Å². The zero-order chi connectivity index (χ0) is 42.8. The van der Waals surface area contributed by atoms with Gasteiger partial charge < -0.3 is 28.8 Å². The van der Waals surface area contributed by atoms with E-state index in [1.165, 1.54) is 186 Å². The topological polar surface area (TPSA) is 108 Å². The number of aliphatic hydroxyl groups excluding tert-OH is 1. The summed E-state index contributed by atoms with van der Waals surface area (Å²) < 4.78 is 23.2. The van der Waals surface area contributed by atoms with Crippen molar-refractivity contribution in [1.29, 1.82) is 0 Å². The molecule has 3 unspecified atom stereocenters. The minimum Gasteiger partial charge on any atom is -0.756 e. The van der Waals surface area contributed by atoms with Crippen LogP contribution >= 0.6 is 7.82 Å². The molecule has 0 aliphatic rings. The lowest BCUT2D eigenvalue weighted by Gasteiger charge is -2.29. The lowest BCUT2D eigenvalue weighted by Crippen LogP contribution is -2.45. The maximum Gasteiger partial charge on any atom is 0.268 e. The molecule has 0 bridgehead atoms. The van der Waals surface area contributed by atoms with E-state index in [0.29, 0.717) is 17.4 Å². The van der Waals surface area contributed by atoms with Crippen molar-refractivity contribution in [2.75, 3.05) is 40.9 Å². The summed E-state index contributed by atoms with van der Waals surface area (Å²) in [6.07, 6.45) is 48.5. The Labute approximate surface area is 361 Å². The zero-order valence-corrected chi connectivity index (χ0v) is 40.2. The molecule has 0 fully saturated rings. The minimum atomic E-state index is -4.58. The largest absolute Gasteiger partial charge is 0.756 e. The third-order valence-corrected chi connectivity index (χ3v) is 12.5. The lowest BCUT2D eigenvalue weighted by atomic mass is 10.0. The van der Waals surface area contributed by atoms with E-state index >= 15 is 0 Å². The van der Waals surface area contributed by atoms with Crippen molar-refractivity contribution in [3.8, 4) is 0 Å². The van der Waals surface area contributed by atoms with Crippen LogP contribution in [0.4, 0.5) is 0 Å². The van der Waals surface area contributed by atoms with Crippen LogP contribution in [0.2, 0.25) is 0 Å². The number of hydrogen-bond acceptors (Lipinski definition) is 6. The molecule has 2 N–H and O–H groups in total. The molecule has 8 nitrogen and oxygen atoms in total. The van der Waals surface area contributed by atoms with Crippen LogP contribution in [0.3, 0.4) is 0 Å². The molecule has 0 saturated heterocycles. The molecular formula is C49H99N2O6P. The van der Waals surface area contributed by atoms with Crippen molar-refractivity contribution in [3.63, 3.8) is 0 Å². The highest BCUT2D eigenvalue weighted by Crippen LogP contribution is 2.38. The first-order valence-electron chi connectivity index (χ1n) is 25.1. The van der Waals surface area contributed by atoms with Gasteiger partial charge in [0.15, 0.2) is 0 Å². The van der Waals surface area contributed by atoms with Crippen LogP contribution in [-0.2, 0) is 18.4 Å². The van der Waals surface area contributed by atoms with E-state index in [9.17, 15) is 19.4 Å². The molecule has 0 aromatic carbocycles. The molecule has 0 heterocycles. The van der Waals surface area contributed by atoms with Crippen LogP contribution in [0.25, 0.3) is 0 Å². The Morgan fingerprint density at radius 2 is 0.931 bits per heavy atom. The molecule has 346 valence electrons. The highest BCUT2D eigenvalue weighted by molar-refractivity contribution is 7.45. The van der Waals surface area contributed by atoms with Gasteiger partial charge in [-0.1, -0.05) is 231 Å². The second-order valence-corrected chi connectivity index (χ2v) is 19.9. The summed E-state index contributed by atoms with van der Waals surface area (Å²) in [5.41, 5.74) is 0. The first-order chi connectivity index (χ1) is 28.0. The third-order valence-electron chi connectivity index (χ3n) is 11.5. The molecule has 58 heavy (non-hydrogen) atoms. The Morgan fingerprint density at radius 3 is 1.29 bits per heavy atom. The van der Waals surface area contributed by atoms with E-state index in [0.717, 1.165) is 38.5 Å². The van der Waals surface area contributed by atoms with Crippen LogP contribution in [0, 0.1) is 0 Å². The molecular weight excluding hydrogens is 744 g/mol. The van der Waals surface area contributed by atoms with Crippen molar-refractivity contribution in [2.24, 2.45) is 0 Å². The van der Waals surface area contributed by atoms with E-state index in [-0.39, 0.29) is 19.1 Å². The van der Waals surface area contributed by atoms with Gasteiger partial charge in [-0.2, -0.15) is 0 Å². The Kier molecular flexibility index (Phi) is 41.0.